The highest BCUT2D eigenvalue weighted by molar-refractivity contribution is 7.59. The molecule has 750 valence electrons. The van der Waals surface area contributed by atoms with Gasteiger partial charge in [-0.1, -0.05) is 23.2 Å². The Labute approximate surface area is 817 Å². The minimum Gasteiger partial charge on any atom is -0.390 e. The molecule has 10 aliphatic carbocycles. The maximum atomic E-state index is 13.1. The summed E-state index contributed by atoms with van der Waals surface area (Å²) < 4.78 is 146. The lowest BCUT2D eigenvalue weighted by Gasteiger charge is -2.25. The SMILES string of the molecule is CCOP(C)(=O)C[C@@]12C[C@@H]1[C@@H](n1cnc3c(Cl)nc(Cl)nc31)[C@@H]1OC(C)(C)O[C@@H]12.CCOP(C)(=O)C[C@@]12C[C@@H]1[C@@H](n1cnc3c(Cl)ncnc31)[C@@H]1OC(C)(C)O[C@@H]12.CCOP(C)(=O)C[C@@]12C[C@@H]1[C@@H](n1cnc3c(N)nc(Cl)nc31)[C@@H]1OC(C)(C)O[C@@H]12.CCOP(C)(=O)C[C@@]12C[C@@H]1[C@@H](n1cnc3c(N)ncnc31)[C@@H]1OC(C)(C)O[C@@H]12.Nc1nc(Cl)nc2c1ncn2[C@H]1[C@H](O)[C@H](O)[C@]2(CP(=O)(O)O)C[C@H]12. The number of rotatable bonds is 23. The average molecular weight is 2110 g/mol. The zero-order valence-electron chi connectivity index (χ0n) is 78.5. The molecule has 44 nitrogen and oxygen atoms in total. The van der Waals surface area contributed by atoms with E-state index < -0.39 is 90.0 Å². The molecule has 14 heterocycles. The first kappa shape index (κ1) is 99.5. The summed E-state index contributed by atoms with van der Waals surface area (Å²) >= 11 is 30.3. The molecule has 10 N–H and O–H groups in total. The van der Waals surface area contributed by atoms with Crippen LogP contribution >= 0.6 is 95.1 Å². The molecule has 14 aliphatic rings. The van der Waals surface area contributed by atoms with Crippen LogP contribution in [0, 0.1) is 56.7 Å². The molecule has 4 unspecified atom stereocenters. The van der Waals surface area contributed by atoms with Crippen LogP contribution in [-0.2, 0) is 78.8 Å². The van der Waals surface area contributed by atoms with E-state index in [0.717, 1.165) is 25.7 Å². The van der Waals surface area contributed by atoms with Crippen LogP contribution in [-0.4, -0.2) is 286 Å². The van der Waals surface area contributed by atoms with Crippen LogP contribution in [0.25, 0.3) is 55.8 Å². The molecule has 10 aromatic rings. The lowest BCUT2D eigenvalue weighted by molar-refractivity contribution is -0.160. The second kappa shape index (κ2) is 34.1. The summed E-state index contributed by atoms with van der Waals surface area (Å²) in [6.45, 7) is 31.4. The molecule has 14 fully saturated rings. The van der Waals surface area contributed by atoms with Crippen molar-refractivity contribution in [3.63, 3.8) is 0 Å². The van der Waals surface area contributed by atoms with Gasteiger partial charge in [-0.15, -0.1) is 0 Å². The molecule has 4 saturated heterocycles. The van der Waals surface area contributed by atoms with Crippen LogP contribution in [0.3, 0.4) is 0 Å². The molecule has 0 bridgehead atoms. The van der Waals surface area contributed by atoms with Gasteiger partial charge >= 0.3 is 7.60 Å². The van der Waals surface area contributed by atoms with E-state index in [9.17, 15) is 42.8 Å². The van der Waals surface area contributed by atoms with Gasteiger partial charge in [0.2, 0.25) is 45.3 Å². The minimum absolute atomic E-state index is 0.00676. The van der Waals surface area contributed by atoms with Gasteiger partial charge in [-0.2, -0.15) is 24.9 Å². The standard InChI is InChI=1S/C18H23Cl2N4O4P.C18H25ClN5O4P.C18H24ClN4O4P.C18H26N5O4P.C12H15ClN5O5P/c1-5-26-29(4,25)7-18-6-9(18)11(12-13(18)28-17(2,3)27-12)24-8-21-10-14(19)22-16(20)23-15(10)24;1-5-26-29(4,25)7-18-6-9(18)11(12-13(18)28-17(2,3)27-12)24-8-21-10-14(20)22-16(19)23-15(10)24;2*1-5-25-28(4,24)7-18-6-10(18)12(13-14(18)27-17(2,3)26-13)23-9-22-11-15(19)20-8-21-16(11)23;13-11-16-9(14)5-10(17-11)18(3-15-5)6-4-1-12(4,2-24(21,22)23)8(20)7(6)19/h8-9,11-13H,5-7H2,1-4H3;8-9,11-13H,5-7H2,1-4H3,(H2,20,22,23);8-10,12-14H,5-7H2,1-4H3;8-10,12-14H,5-7H2,1-4H3,(H2,19,20,21);3-4,6-8,19-20H,1-2H2,(H2,14,16,17)(H2,21,22,23)/t2*9-,11-,12+,13+,18+,29?;2*10-,12-,13+,14+,18+,28?;4-,6-,7+,8+,12+/m11111/s1. The molecule has 0 amide bonds. The number of aromatic nitrogens is 20. The van der Waals surface area contributed by atoms with E-state index in [-0.39, 0.29) is 157 Å². The van der Waals surface area contributed by atoms with Crippen LogP contribution in [0.15, 0.2) is 44.3 Å². The predicted octanol–water partition coefficient (Wildman–Crippen LogP) is 12.7. The minimum atomic E-state index is -4.33. The monoisotopic (exact) mass is 2110 g/mol. The Balaban J connectivity index is 0.000000106. The van der Waals surface area contributed by atoms with Crippen LogP contribution in [0.2, 0.25) is 26.2 Å². The van der Waals surface area contributed by atoms with Gasteiger partial charge in [-0.3, -0.25) is 22.8 Å². The topological polar surface area (TPSA) is 573 Å². The molecule has 0 spiro atoms. The lowest BCUT2D eigenvalue weighted by Crippen LogP contribution is -2.35. The lowest BCUT2D eigenvalue weighted by atomic mass is 10.0. The molecule has 29 atom stereocenters. The summed E-state index contributed by atoms with van der Waals surface area (Å²) in [5.41, 5.74) is 21.1. The van der Waals surface area contributed by atoms with E-state index in [2.05, 4.69) is 74.8 Å². The van der Waals surface area contributed by atoms with Gasteiger partial charge in [0, 0.05) is 78.4 Å². The molecule has 4 aliphatic heterocycles. The molecular formula is C84H113Cl5N23O21P5. The number of imidazole rings is 5. The van der Waals surface area contributed by atoms with E-state index in [1.807, 2.05) is 101 Å². The van der Waals surface area contributed by atoms with E-state index in [1.165, 1.54) is 19.0 Å². The number of nitrogens with two attached hydrogens (primary N) is 3. The maximum absolute atomic E-state index is 13.1. The molecule has 0 aromatic carbocycles. The normalized spacial score (nSPS) is 36.8. The first-order valence-corrected chi connectivity index (χ1v) is 58.6. The molecule has 10 saturated carbocycles. The first-order chi connectivity index (χ1) is 64.6. The average Bonchev–Trinajstić information content (AvgIpc) is 1.48. The van der Waals surface area contributed by atoms with Crippen molar-refractivity contribution in [1.82, 2.24) is 97.6 Å². The van der Waals surface area contributed by atoms with Crippen molar-refractivity contribution in [3.05, 3.63) is 70.4 Å². The third-order valence-corrected chi connectivity index (χ3v) is 40.2. The zero-order valence-corrected chi connectivity index (χ0v) is 86.8. The fraction of sp³-hybridized carbons (Fsp3) is 0.702. The second-order valence-corrected chi connectivity index (χ2v) is 55.2. The van der Waals surface area contributed by atoms with Gasteiger partial charge in [0.1, 0.15) is 70.8 Å². The highest BCUT2D eigenvalue weighted by atomic mass is 35.5. The second-order valence-electron chi connectivity index (χ2n) is 41.5. The summed E-state index contributed by atoms with van der Waals surface area (Å²) in [6, 6.07) is -0.784. The van der Waals surface area contributed by atoms with Gasteiger partial charge in [0.05, 0.1) is 125 Å². The predicted molar refractivity (Wildman–Crippen MR) is 507 cm³/mol. The van der Waals surface area contributed by atoms with E-state index in [4.69, 9.17) is 131 Å². The van der Waals surface area contributed by atoms with Crippen molar-refractivity contribution in [2.75, 3.05) is 101 Å². The van der Waals surface area contributed by atoms with Crippen LogP contribution in [0.5, 0.6) is 0 Å². The Morgan fingerprint density at radius 1 is 0.355 bits per heavy atom. The van der Waals surface area contributed by atoms with Crippen LogP contribution < -0.4 is 17.2 Å². The summed E-state index contributed by atoms with van der Waals surface area (Å²) in [5.74, 6) is -1.48. The number of ether oxygens (including phenoxy) is 8. The highest BCUT2D eigenvalue weighted by Gasteiger charge is 2.82. The van der Waals surface area contributed by atoms with Crippen molar-refractivity contribution >= 4 is 168 Å². The molecule has 54 heteroatoms. The summed E-state index contributed by atoms with van der Waals surface area (Å²) in [7, 11) is -15.3. The molecule has 0 radical (unpaired) electrons. The summed E-state index contributed by atoms with van der Waals surface area (Å²) in [6.07, 6.45) is 12.9. The van der Waals surface area contributed by atoms with Gasteiger partial charge < -0.3 is 116 Å². The van der Waals surface area contributed by atoms with E-state index in [1.54, 1.807) is 56.5 Å². The van der Waals surface area contributed by atoms with Gasteiger partial charge in [0.15, 0.2) is 79.1 Å². The summed E-state index contributed by atoms with van der Waals surface area (Å²) in [5, 5.41) is 21.4. The Morgan fingerprint density at radius 2 is 0.630 bits per heavy atom. The maximum Gasteiger partial charge on any atom is 0.326 e. The molecule has 24 rings (SSSR count). The number of anilines is 3. The molecule has 10 aromatic heterocycles. The number of hydrogen-bond donors (Lipinski definition) is 7. The van der Waals surface area contributed by atoms with Crippen LogP contribution in [0.4, 0.5) is 17.5 Å². The number of aliphatic hydroxyl groups excluding tert-OH is 2. The fourth-order valence-corrected chi connectivity index (χ4v) is 37.0. The Bertz CT molecular complexity index is 6480. The van der Waals surface area contributed by atoms with Gasteiger partial charge in [-0.25, -0.2) is 49.8 Å². The number of halogens is 5. The Hall–Kier alpha value is -5.89. The summed E-state index contributed by atoms with van der Waals surface area (Å²) in [4.78, 5) is 81.8. The van der Waals surface area contributed by atoms with Crippen molar-refractivity contribution in [2.45, 2.75) is 230 Å². The van der Waals surface area contributed by atoms with Crippen molar-refractivity contribution < 1.29 is 98.8 Å². The Morgan fingerprint density at radius 3 is 0.971 bits per heavy atom. The third-order valence-electron chi connectivity index (χ3n) is 30.3. The Kier molecular flexibility index (Phi) is 24.6. The van der Waals surface area contributed by atoms with Crippen molar-refractivity contribution in [1.29, 1.82) is 0 Å². The number of fused-ring (bicyclic) bond motifs is 18. The smallest absolute Gasteiger partial charge is 0.326 e. The van der Waals surface area contributed by atoms with E-state index >= 15 is 0 Å². The fourth-order valence-electron chi connectivity index (χ4n) is 25.7. The third kappa shape index (κ3) is 17.1. The molecule has 138 heavy (non-hydrogen) atoms. The van der Waals surface area contributed by atoms with Crippen molar-refractivity contribution in [2.24, 2.45) is 56.7 Å². The van der Waals surface area contributed by atoms with E-state index in [0.29, 0.717) is 124 Å². The van der Waals surface area contributed by atoms with Gasteiger partial charge in [-0.05, 0) is 180 Å². The quantitative estimate of drug-likeness (QED) is 0.0178. The van der Waals surface area contributed by atoms with Crippen molar-refractivity contribution in [3.8, 4) is 0 Å². The molecular weight excluding hydrogens is 2000 g/mol. The van der Waals surface area contributed by atoms with Gasteiger partial charge in [0.25, 0.3) is 0 Å². The number of nitrogens with zero attached hydrogens (tertiary/aromatic N) is 20. The highest BCUT2D eigenvalue weighted by Crippen LogP contribution is 2.80. The van der Waals surface area contributed by atoms with Crippen LogP contribution in [0.1, 0.15) is 145 Å². The zero-order chi connectivity index (χ0) is 98.8. The number of nitrogen functional groups attached to an aromatic ring is 3. The largest absolute Gasteiger partial charge is 0.390 e. The number of hydrogen-bond acceptors (Lipinski definition) is 37. The number of aliphatic hydroxyl groups is 2. The first-order valence-electron chi connectivity index (χ1n) is 45.9.